The average Bonchev–Trinajstić information content (AvgIpc) is 2.78. The summed E-state index contributed by atoms with van der Waals surface area (Å²) in [6.07, 6.45) is 0. The Bertz CT molecular complexity index is 1090. The first-order chi connectivity index (χ1) is 14.8. The van der Waals surface area contributed by atoms with Gasteiger partial charge >= 0.3 is 0 Å². The molecule has 0 aliphatic carbocycles. The highest BCUT2D eigenvalue weighted by molar-refractivity contribution is 6.05. The Labute approximate surface area is 181 Å². The summed E-state index contributed by atoms with van der Waals surface area (Å²) in [6.45, 7) is 6.03. The molecule has 0 atom stereocenters. The van der Waals surface area contributed by atoms with Crippen molar-refractivity contribution in [1.29, 1.82) is 0 Å². The first-order valence-corrected chi connectivity index (χ1v) is 10.0. The zero-order chi connectivity index (χ0) is 22.4. The van der Waals surface area contributed by atoms with Gasteiger partial charge in [-0.05, 0) is 66.4 Å². The van der Waals surface area contributed by atoms with Crippen LogP contribution in [0.5, 0.6) is 0 Å². The number of nitrogens with one attached hydrogen (secondary N) is 3. The number of hydrazine groups is 1. The fourth-order valence-electron chi connectivity index (χ4n) is 3.01. The Morgan fingerprint density at radius 1 is 0.677 bits per heavy atom. The predicted molar refractivity (Wildman–Crippen MR) is 121 cm³/mol. The van der Waals surface area contributed by atoms with Gasteiger partial charge in [0.1, 0.15) is 0 Å². The Morgan fingerprint density at radius 3 is 1.71 bits per heavy atom. The summed E-state index contributed by atoms with van der Waals surface area (Å²) in [4.78, 5) is 36.9. The molecule has 6 nitrogen and oxygen atoms in total. The molecule has 0 saturated carbocycles. The van der Waals surface area contributed by atoms with Crippen LogP contribution in [0.3, 0.4) is 0 Å². The van der Waals surface area contributed by atoms with Crippen molar-refractivity contribution in [3.63, 3.8) is 0 Å². The quantitative estimate of drug-likeness (QED) is 0.538. The van der Waals surface area contributed by atoms with Crippen molar-refractivity contribution in [2.75, 3.05) is 5.32 Å². The van der Waals surface area contributed by atoms with E-state index in [9.17, 15) is 14.4 Å². The molecule has 0 bridgehead atoms. The lowest BCUT2D eigenvalue weighted by Crippen LogP contribution is -2.41. The minimum absolute atomic E-state index is 0.217. The number of hydrogen-bond donors (Lipinski definition) is 3. The van der Waals surface area contributed by atoms with Gasteiger partial charge in [-0.15, -0.1) is 0 Å². The number of rotatable bonds is 5. The molecule has 0 spiro atoms. The fourth-order valence-corrected chi connectivity index (χ4v) is 3.01. The van der Waals surface area contributed by atoms with Gasteiger partial charge in [0.25, 0.3) is 17.7 Å². The largest absolute Gasteiger partial charge is 0.322 e. The van der Waals surface area contributed by atoms with Crippen LogP contribution in [0.2, 0.25) is 0 Å². The van der Waals surface area contributed by atoms with Crippen LogP contribution in [-0.2, 0) is 0 Å². The van der Waals surface area contributed by atoms with Crippen molar-refractivity contribution < 1.29 is 14.4 Å². The van der Waals surface area contributed by atoms with Gasteiger partial charge < -0.3 is 5.32 Å². The van der Waals surface area contributed by atoms with Crippen LogP contribution in [-0.4, -0.2) is 17.7 Å². The topological polar surface area (TPSA) is 87.3 Å². The Morgan fingerprint density at radius 2 is 1.19 bits per heavy atom. The van der Waals surface area contributed by atoms with E-state index in [1.54, 1.807) is 42.5 Å². The van der Waals surface area contributed by atoms with Crippen LogP contribution >= 0.6 is 0 Å². The van der Waals surface area contributed by atoms with E-state index in [0.717, 1.165) is 11.1 Å². The van der Waals surface area contributed by atoms with Gasteiger partial charge in [-0.1, -0.05) is 44.2 Å². The number of aryl methyl sites for hydroxylation is 1. The van der Waals surface area contributed by atoms with Crippen molar-refractivity contribution in [2.24, 2.45) is 0 Å². The van der Waals surface area contributed by atoms with E-state index in [0.29, 0.717) is 28.3 Å². The Balaban J connectivity index is 1.56. The van der Waals surface area contributed by atoms with Crippen LogP contribution < -0.4 is 16.2 Å². The zero-order valence-corrected chi connectivity index (χ0v) is 17.7. The molecule has 0 unspecified atom stereocenters. The van der Waals surface area contributed by atoms with E-state index in [1.807, 2.05) is 37.3 Å². The maximum atomic E-state index is 12.4. The summed E-state index contributed by atoms with van der Waals surface area (Å²) >= 11 is 0. The lowest BCUT2D eigenvalue weighted by molar-refractivity contribution is 0.0846. The number of hydrogen-bond acceptors (Lipinski definition) is 3. The van der Waals surface area contributed by atoms with Gasteiger partial charge in [-0.2, -0.15) is 0 Å². The third kappa shape index (κ3) is 5.57. The average molecular weight is 415 g/mol. The third-order valence-electron chi connectivity index (χ3n) is 4.92. The molecule has 31 heavy (non-hydrogen) atoms. The summed E-state index contributed by atoms with van der Waals surface area (Å²) in [5.74, 6) is -0.693. The molecule has 0 heterocycles. The molecule has 0 radical (unpaired) electrons. The van der Waals surface area contributed by atoms with Crippen LogP contribution in [0.1, 0.15) is 62.0 Å². The standard InChI is InChI=1S/C25H25N3O3/c1-16(2)18-8-10-19(11-9-18)23(29)27-28-24(30)20-12-14-21(15-13-20)26-25(31)22-7-5-4-6-17(22)3/h4-16H,1-3H3,(H,26,31)(H,27,29)(H,28,30). The van der Waals surface area contributed by atoms with Crippen LogP contribution in [0.15, 0.2) is 72.8 Å². The van der Waals surface area contributed by atoms with Gasteiger partial charge in [-0.25, -0.2) is 0 Å². The monoisotopic (exact) mass is 415 g/mol. The second kappa shape index (κ2) is 9.71. The van der Waals surface area contributed by atoms with Crippen molar-refractivity contribution in [3.05, 3.63) is 101 Å². The normalized spacial score (nSPS) is 10.5. The molecule has 3 rings (SSSR count). The van der Waals surface area contributed by atoms with E-state index >= 15 is 0 Å². The van der Waals surface area contributed by atoms with Gasteiger partial charge in [0, 0.05) is 22.4 Å². The summed E-state index contributed by atoms with van der Waals surface area (Å²) < 4.78 is 0. The van der Waals surface area contributed by atoms with Crippen molar-refractivity contribution in [3.8, 4) is 0 Å². The van der Waals surface area contributed by atoms with Gasteiger partial charge in [0.15, 0.2) is 0 Å². The number of amides is 3. The van der Waals surface area contributed by atoms with Crippen LogP contribution in [0.4, 0.5) is 5.69 Å². The van der Waals surface area contributed by atoms with Crippen molar-refractivity contribution in [2.45, 2.75) is 26.7 Å². The smallest absolute Gasteiger partial charge is 0.269 e. The molecule has 3 N–H and O–H groups in total. The second-order valence-electron chi connectivity index (χ2n) is 7.53. The molecule has 3 aromatic carbocycles. The molecule has 0 aromatic heterocycles. The van der Waals surface area contributed by atoms with E-state index in [2.05, 4.69) is 30.0 Å². The second-order valence-corrected chi connectivity index (χ2v) is 7.53. The highest BCUT2D eigenvalue weighted by Crippen LogP contribution is 2.15. The van der Waals surface area contributed by atoms with E-state index in [4.69, 9.17) is 0 Å². The maximum Gasteiger partial charge on any atom is 0.269 e. The minimum atomic E-state index is -0.455. The summed E-state index contributed by atoms with van der Waals surface area (Å²) in [7, 11) is 0. The first kappa shape index (κ1) is 21.8. The highest BCUT2D eigenvalue weighted by Gasteiger charge is 2.11. The maximum absolute atomic E-state index is 12.4. The molecule has 3 aromatic rings. The van der Waals surface area contributed by atoms with Crippen LogP contribution in [0, 0.1) is 6.92 Å². The zero-order valence-electron chi connectivity index (χ0n) is 17.7. The number of anilines is 1. The molecular formula is C25H25N3O3. The highest BCUT2D eigenvalue weighted by atomic mass is 16.2. The van der Waals surface area contributed by atoms with Gasteiger partial charge in [-0.3, -0.25) is 25.2 Å². The number of carbonyl (C=O) groups excluding carboxylic acids is 3. The van der Waals surface area contributed by atoms with Gasteiger partial charge in [0.2, 0.25) is 0 Å². The molecule has 6 heteroatoms. The molecule has 158 valence electrons. The molecule has 3 amide bonds. The van der Waals surface area contributed by atoms with Crippen molar-refractivity contribution >= 4 is 23.4 Å². The summed E-state index contributed by atoms with van der Waals surface area (Å²) in [5.41, 5.74) is 8.80. The Kier molecular flexibility index (Phi) is 6.82. The van der Waals surface area contributed by atoms with E-state index in [-0.39, 0.29) is 5.91 Å². The Hall–Kier alpha value is -3.93. The minimum Gasteiger partial charge on any atom is -0.322 e. The molecule has 0 fully saturated rings. The summed E-state index contributed by atoms with van der Waals surface area (Å²) in [6, 6.07) is 21.0. The van der Waals surface area contributed by atoms with Crippen molar-refractivity contribution in [1.82, 2.24) is 10.9 Å². The molecule has 0 saturated heterocycles. The lowest BCUT2D eigenvalue weighted by Gasteiger charge is -2.10. The fraction of sp³-hybridized carbons (Fsp3) is 0.160. The predicted octanol–water partition coefficient (Wildman–Crippen LogP) is 4.45. The van der Waals surface area contributed by atoms with Crippen LogP contribution in [0.25, 0.3) is 0 Å². The third-order valence-corrected chi connectivity index (χ3v) is 4.92. The van der Waals surface area contributed by atoms with E-state index < -0.39 is 11.8 Å². The summed E-state index contributed by atoms with van der Waals surface area (Å²) in [5, 5.41) is 2.81. The SMILES string of the molecule is Cc1ccccc1C(=O)Nc1ccc(C(=O)NNC(=O)c2ccc(C(C)C)cc2)cc1. The lowest BCUT2D eigenvalue weighted by atomic mass is 10.0. The molecule has 0 aliphatic rings. The first-order valence-electron chi connectivity index (χ1n) is 10.0. The molecule has 0 aliphatic heterocycles. The molecular weight excluding hydrogens is 390 g/mol. The van der Waals surface area contributed by atoms with Gasteiger partial charge in [0.05, 0.1) is 0 Å². The number of carbonyl (C=O) groups is 3. The number of benzene rings is 3. The van der Waals surface area contributed by atoms with E-state index in [1.165, 1.54) is 0 Å².